The number of ether oxygens (including phenoxy) is 3. The number of benzene rings is 2. The molecule has 1 aliphatic rings. The second-order valence-corrected chi connectivity index (χ2v) is 7.15. The van der Waals surface area contributed by atoms with Crippen molar-refractivity contribution in [2.24, 2.45) is 5.92 Å². The third kappa shape index (κ3) is 3.84. The van der Waals surface area contributed by atoms with Crippen LogP contribution in [0, 0.1) is 5.92 Å². The van der Waals surface area contributed by atoms with E-state index in [0.29, 0.717) is 28.6 Å². The van der Waals surface area contributed by atoms with Crippen LogP contribution in [0.2, 0.25) is 0 Å². The van der Waals surface area contributed by atoms with E-state index in [1.54, 1.807) is 23.2 Å². The van der Waals surface area contributed by atoms with Crippen molar-refractivity contribution in [3.05, 3.63) is 48.7 Å². The topological polar surface area (TPSA) is 90.0 Å². The van der Waals surface area contributed by atoms with Crippen LogP contribution in [-0.2, 0) is 9.59 Å². The van der Waals surface area contributed by atoms with Crippen LogP contribution in [0.4, 0.5) is 11.4 Å². The number of carbonyl (C=O) groups excluding carboxylic acids is 2. The van der Waals surface area contributed by atoms with Crippen molar-refractivity contribution < 1.29 is 23.8 Å². The number of hydrogen-bond donors (Lipinski definition) is 1. The van der Waals surface area contributed by atoms with Gasteiger partial charge in [-0.05, 0) is 24.3 Å². The van der Waals surface area contributed by atoms with Crippen LogP contribution < -0.4 is 24.4 Å². The number of anilines is 2. The molecule has 0 saturated carbocycles. The first-order valence-corrected chi connectivity index (χ1v) is 9.80. The van der Waals surface area contributed by atoms with E-state index in [2.05, 4.69) is 10.3 Å². The molecule has 1 aliphatic heterocycles. The Hall–Kier alpha value is -3.81. The van der Waals surface area contributed by atoms with E-state index in [-0.39, 0.29) is 24.8 Å². The molecule has 1 unspecified atom stereocenters. The monoisotopic (exact) mass is 421 g/mol. The minimum Gasteiger partial charge on any atom is -0.493 e. The molecule has 160 valence electrons. The average Bonchev–Trinajstić information content (AvgIpc) is 3.20. The number of rotatable bonds is 6. The van der Waals surface area contributed by atoms with Gasteiger partial charge in [0.1, 0.15) is 0 Å². The van der Waals surface area contributed by atoms with E-state index >= 15 is 0 Å². The molecule has 8 nitrogen and oxygen atoms in total. The zero-order valence-corrected chi connectivity index (χ0v) is 17.5. The van der Waals surface area contributed by atoms with E-state index in [1.165, 1.54) is 21.3 Å². The average molecular weight is 421 g/mol. The summed E-state index contributed by atoms with van der Waals surface area (Å²) in [6, 6.07) is 12.7. The lowest BCUT2D eigenvalue weighted by molar-refractivity contribution is -0.122. The largest absolute Gasteiger partial charge is 0.493 e. The summed E-state index contributed by atoms with van der Waals surface area (Å²) in [6.45, 7) is 0.256. The van der Waals surface area contributed by atoms with Gasteiger partial charge < -0.3 is 24.4 Å². The fourth-order valence-electron chi connectivity index (χ4n) is 3.80. The Balaban J connectivity index is 1.56. The SMILES string of the molecule is COc1cc(N2CC(C(=O)Nc3cccc4ncccc34)CC2=O)cc(OC)c1OC. The molecule has 0 radical (unpaired) electrons. The van der Waals surface area contributed by atoms with Crippen LogP contribution in [0.1, 0.15) is 6.42 Å². The Labute approximate surface area is 179 Å². The summed E-state index contributed by atoms with van der Waals surface area (Å²) >= 11 is 0. The Bertz CT molecular complexity index is 1120. The van der Waals surface area contributed by atoms with Crippen molar-refractivity contribution in [3.8, 4) is 17.2 Å². The number of fused-ring (bicyclic) bond motifs is 1. The molecule has 3 aromatic rings. The second-order valence-electron chi connectivity index (χ2n) is 7.15. The van der Waals surface area contributed by atoms with Crippen LogP contribution in [0.3, 0.4) is 0 Å². The van der Waals surface area contributed by atoms with Gasteiger partial charge in [0.15, 0.2) is 11.5 Å². The summed E-state index contributed by atoms with van der Waals surface area (Å²) in [6.07, 6.45) is 1.82. The predicted molar refractivity (Wildman–Crippen MR) is 117 cm³/mol. The smallest absolute Gasteiger partial charge is 0.229 e. The van der Waals surface area contributed by atoms with Gasteiger partial charge in [0.25, 0.3) is 0 Å². The lowest BCUT2D eigenvalue weighted by atomic mass is 10.1. The molecule has 1 N–H and O–H groups in total. The Morgan fingerprint density at radius 1 is 1.06 bits per heavy atom. The molecule has 2 heterocycles. The van der Waals surface area contributed by atoms with Gasteiger partial charge in [-0.25, -0.2) is 0 Å². The predicted octanol–water partition coefficient (Wildman–Crippen LogP) is 3.25. The zero-order valence-electron chi connectivity index (χ0n) is 17.5. The van der Waals surface area contributed by atoms with Crippen LogP contribution >= 0.6 is 0 Å². The molecular formula is C23H23N3O5. The summed E-state index contributed by atoms with van der Waals surface area (Å²) in [7, 11) is 4.55. The summed E-state index contributed by atoms with van der Waals surface area (Å²) in [5, 5.41) is 3.81. The standard InChI is InChI=1S/C23H23N3O5/c1-29-19-11-15(12-20(30-2)22(19)31-3)26-13-14(10-21(26)27)23(28)25-18-8-4-7-17-16(18)6-5-9-24-17/h4-9,11-12,14H,10,13H2,1-3H3,(H,25,28). The van der Waals surface area contributed by atoms with Crippen molar-refractivity contribution in [1.82, 2.24) is 4.98 Å². The van der Waals surface area contributed by atoms with Gasteiger partial charge in [-0.3, -0.25) is 14.6 Å². The quantitative estimate of drug-likeness (QED) is 0.657. The Kier molecular flexibility index (Phi) is 5.62. The summed E-state index contributed by atoms with van der Waals surface area (Å²) in [4.78, 5) is 31.6. The van der Waals surface area contributed by atoms with Crippen molar-refractivity contribution in [2.45, 2.75) is 6.42 Å². The third-order valence-electron chi connectivity index (χ3n) is 5.36. The van der Waals surface area contributed by atoms with Crippen LogP contribution in [0.5, 0.6) is 17.2 Å². The third-order valence-corrected chi connectivity index (χ3v) is 5.36. The highest BCUT2D eigenvalue weighted by molar-refractivity contribution is 6.06. The van der Waals surface area contributed by atoms with Crippen LogP contribution in [0.15, 0.2) is 48.7 Å². The number of nitrogens with zero attached hydrogens (tertiary/aromatic N) is 2. The van der Waals surface area contributed by atoms with Crippen molar-refractivity contribution in [2.75, 3.05) is 38.1 Å². The first-order chi connectivity index (χ1) is 15.0. The highest BCUT2D eigenvalue weighted by atomic mass is 16.5. The molecule has 31 heavy (non-hydrogen) atoms. The number of nitrogens with one attached hydrogen (secondary N) is 1. The van der Waals surface area contributed by atoms with Gasteiger partial charge in [0.05, 0.1) is 44.1 Å². The Morgan fingerprint density at radius 2 is 1.81 bits per heavy atom. The molecule has 2 amide bonds. The Morgan fingerprint density at radius 3 is 2.48 bits per heavy atom. The molecule has 2 aromatic carbocycles. The van der Waals surface area contributed by atoms with E-state index in [9.17, 15) is 9.59 Å². The van der Waals surface area contributed by atoms with Gasteiger partial charge in [-0.15, -0.1) is 0 Å². The molecule has 4 rings (SSSR count). The number of pyridine rings is 1. The number of aromatic nitrogens is 1. The van der Waals surface area contributed by atoms with Crippen LogP contribution in [0.25, 0.3) is 10.9 Å². The molecule has 0 aliphatic carbocycles. The number of methoxy groups -OCH3 is 3. The number of amides is 2. The lowest BCUT2D eigenvalue weighted by Gasteiger charge is -2.20. The van der Waals surface area contributed by atoms with Gasteiger partial charge in [0, 0.05) is 36.7 Å². The molecule has 0 bridgehead atoms. The molecule has 1 atom stereocenters. The maximum absolute atomic E-state index is 12.9. The first-order valence-electron chi connectivity index (χ1n) is 9.80. The number of hydrogen-bond acceptors (Lipinski definition) is 6. The molecule has 1 aromatic heterocycles. The van der Waals surface area contributed by atoms with E-state index in [0.717, 1.165) is 10.9 Å². The molecule has 0 spiro atoms. The fourth-order valence-corrected chi connectivity index (χ4v) is 3.80. The van der Waals surface area contributed by atoms with E-state index < -0.39 is 5.92 Å². The molecule has 1 fully saturated rings. The minimum atomic E-state index is -0.487. The van der Waals surface area contributed by atoms with Gasteiger partial charge in [-0.1, -0.05) is 6.07 Å². The molecular weight excluding hydrogens is 398 g/mol. The zero-order chi connectivity index (χ0) is 22.0. The van der Waals surface area contributed by atoms with Crippen LogP contribution in [-0.4, -0.2) is 44.7 Å². The summed E-state index contributed by atoms with van der Waals surface area (Å²) in [5.74, 6) is 0.494. The fraction of sp³-hybridized carbons (Fsp3) is 0.261. The van der Waals surface area contributed by atoms with Crippen molar-refractivity contribution in [1.29, 1.82) is 0 Å². The molecule has 8 heteroatoms. The van der Waals surface area contributed by atoms with Gasteiger partial charge in [-0.2, -0.15) is 0 Å². The highest BCUT2D eigenvalue weighted by Crippen LogP contribution is 2.42. The van der Waals surface area contributed by atoms with Gasteiger partial charge in [0.2, 0.25) is 17.6 Å². The highest BCUT2D eigenvalue weighted by Gasteiger charge is 2.36. The van der Waals surface area contributed by atoms with Crippen molar-refractivity contribution in [3.63, 3.8) is 0 Å². The summed E-state index contributed by atoms with van der Waals surface area (Å²) < 4.78 is 16.1. The van der Waals surface area contributed by atoms with E-state index in [1.807, 2.05) is 30.3 Å². The number of carbonyl (C=O) groups is 2. The first kappa shape index (κ1) is 20.5. The minimum absolute atomic E-state index is 0.117. The second kappa shape index (κ2) is 8.51. The normalized spacial score (nSPS) is 15.8. The maximum atomic E-state index is 12.9. The van der Waals surface area contributed by atoms with Gasteiger partial charge >= 0.3 is 0 Å². The maximum Gasteiger partial charge on any atom is 0.229 e. The van der Waals surface area contributed by atoms with Crippen molar-refractivity contribution >= 4 is 34.1 Å². The molecule has 1 saturated heterocycles. The lowest BCUT2D eigenvalue weighted by Crippen LogP contribution is -2.28. The summed E-state index contributed by atoms with van der Waals surface area (Å²) in [5.41, 5.74) is 2.06. The van der Waals surface area contributed by atoms with E-state index in [4.69, 9.17) is 14.2 Å².